The Morgan fingerprint density at radius 2 is 2.29 bits per heavy atom. The van der Waals surface area contributed by atoms with Crippen LogP contribution in [-0.2, 0) is 11.3 Å². The van der Waals surface area contributed by atoms with E-state index >= 15 is 0 Å². The molecule has 0 saturated carbocycles. The molecule has 6 heteroatoms. The zero-order valence-electron chi connectivity index (χ0n) is 7.86. The average molecular weight is 213 g/mol. The Kier molecular flexibility index (Phi) is 2.35. The summed E-state index contributed by atoms with van der Waals surface area (Å²) in [6.45, 7) is 2.22. The molecule has 2 heterocycles. The second-order valence-electron chi connectivity index (χ2n) is 2.89. The molecule has 0 aromatic carbocycles. The SMILES string of the molecule is COCc1nc2nc(C)cc(Cl)n2n1. The number of nitrogens with zero attached hydrogens (tertiary/aromatic N) is 4. The molecule has 0 spiro atoms. The first-order valence-corrected chi connectivity index (χ1v) is 4.46. The highest BCUT2D eigenvalue weighted by molar-refractivity contribution is 6.29. The van der Waals surface area contributed by atoms with Gasteiger partial charge < -0.3 is 4.74 Å². The van der Waals surface area contributed by atoms with Gasteiger partial charge >= 0.3 is 0 Å². The molecule has 2 aromatic heterocycles. The van der Waals surface area contributed by atoms with E-state index in [0.29, 0.717) is 23.4 Å². The molecule has 0 unspecified atom stereocenters. The quantitative estimate of drug-likeness (QED) is 0.703. The predicted molar refractivity (Wildman–Crippen MR) is 51.2 cm³/mol. The summed E-state index contributed by atoms with van der Waals surface area (Å²) in [5, 5.41) is 4.63. The highest BCUT2D eigenvalue weighted by Crippen LogP contribution is 2.11. The van der Waals surface area contributed by atoms with Gasteiger partial charge in [0.25, 0.3) is 5.78 Å². The lowest BCUT2D eigenvalue weighted by Gasteiger charge is -1.95. The Morgan fingerprint density at radius 1 is 1.50 bits per heavy atom. The van der Waals surface area contributed by atoms with Gasteiger partial charge in [-0.15, -0.1) is 5.10 Å². The van der Waals surface area contributed by atoms with Gasteiger partial charge in [0.2, 0.25) is 0 Å². The Bertz CT molecular complexity index is 468. The molecular formula is C8H9ClN4O. The lowest BCUT2D eigenvalue weighted by molar-refractivity contribution is 0.178. The molecule has 0 amide bonds. The molecule has 5 nitrogen and oxygen atoms in total. The molecule has 0 radical (unpaired) electrons. The largest absolute Gasteiger partial charge is 0.377 e. The standard InChI is InChI=1S/C8H9ClN4O/c1-5-3-6(9)13-8(10-5)11-7(12-13)4-14-2/h3H,4H2,1-2H3. The number of methoxy groups -OCH3 is 1. The Labute approximate surface area is 85.7 Å². The maximum atomic E-state index is 5.96. The van der Waals surface area contributed by atoms with Gasteiger partial charge in [-0.2, -0.15) is 9.50 Å². The Hall–Kier alpha value is -1.20. The van der Waals surface area contributed by atoms with Crippen molar-refractivity contribution in [3.05, 3.63) is 22.7 Å². The second-order valence-corrected chi connectivity index (χ2v) is 3.28. The first kappa shape index (κ1) is 9.36. The third-order valence-corrected chi connectivity index (χ3v) is 1.98. The first-order chi connectivity index (χ1) is 6.70. The van der Waals surface area contributed by atoms with Crippen LogP contribution in [0.1, 0.15) is 11.5 Å². The lowest BCUT2D eigenvalue weighted by atomic mass is 10.5. The summed E-state index contributed by atoms with van der Waals surface area (Å²) in [6.07, 6.45) is 0. The fourth-order valence-electron chi connectivity index (χ4n) is 1.17. The van der Waals surface area contributed by atoms with Crippen molar-refractivity contribution < 1.29 is 4.74 Å². The average Bonchev–Trinajstić information content (AvgIpc) is 2.48. The third kappa shape index (κ3) is 1.56. The van der Waals surface area contributed by atoms with Crippen LogP contribution in [0.4, 0.5) is 0 Å². The molecule has 0 atom stereocenters. The van der Waals surface area contributed by atoms with Crippen LogP contribution >= 0.6 is 11.6 Å². The molecule has 2 aromatic rings. The Balaban J connectivity index is 2.58. The highest BCUT2D eigenvalue weighted by atomic mass is 35.5. The van der Waals surface area contributed by atoms with Gasteiger partial charge in [0.1, 0.15) is 11.8 Å². The van der Waals surface area contributed by atoms with Crippen molar-refractivity contribution in [1.82, 2.24) is 19.6 Å². The van der Waals surface area contributed by atoms with Gasteiger partial charge in [0.15, 0.2) is 5.82 Å². The molecule has 0 aliphatic carbocycles. The lowest BCUT2D eigenvalue weighted by Crippen LogP contribution is -1.94. The monoisotopic (exact) mass is 212 g/mol. The van der Waals surface area contributed by atoms with Crippen LogP contribution in [0, 0.1) is 6.92 Å². The zero-order chi connectivity index (χ0) is 10.1. The van der Waals surface area contributed by atoms with Crippen LogP contribution in [0.5, 0.6) is 0 Å². The normalized spacial score (nSPS) is 11.1. The number of hydrogen-bond donors (Lipinski definition) is 0. The predicted octanol–water partition coefficient (Wildman–Crippen LogP) is 1.23. The number of hydrogen-bond acceptors (Lipinski definition) is 4. The molecule has 0 aliphatic heterocycles. The summed E-state index contributed by atoms with van der Waals surface area (Å²) < 4.78 is 6.41. The maximum Gasteiger partial charge on any atom is 0.254 e. The molecular weight excluding hydrogens is 204 g/mol. The van der Waals surface area contributed by atoms with Gasteiger partial charge in [0, 0.05) is 12.8 Å². The molecule has 0 saturated heterocycles. The fraction of sp³-hybridized carbons (Fsp3) is 0.375. The van der Waals surface area contributed by atoms with Gasteiger partial charge in [0.05, 0.1) is 0 Å². The summed E-state index contributed by atoms with van der Waals surface area (Å²) in [4.78, 5) is 8.34. The molecule has 14 heavy (non-hydrogen) atoms. The van der Waals surface area contributed by atoms with Crippen LogP contribution < -0.4 is 0 Å². The van der Waals surface area contributed by atoms with E-state index < -0.39 is 0 Å². The molecule has 0 bridgehead atoms. The first-order valence-electron chi connectivity index (χ1n) is 4.08. The van der Waals surface area contributed by atoms with E-state index in [1.54, 1.807) is 13.2 Å². The minimum atomic E-state index is 0.360. The van der Waals surface area contributed by atoms with Crippen molar-refractivity contribution in [3.8, 4) is 0 Å². The van der Waals surface area contributed by atoms with Crippen LogP contribution in [0.3, 0.4) is 0 Å². The highest BCUT2D eigenvalue weighted by Gasteiger charge is 2.07. The van der Waals surface area contributed by atoms with Crippen LogP contribution in [0.25, 0.3) is 5.78 Å². The number of fused-ring (bicyclic) bond motifs is 1. The van der Waals surface area contributed by atoms with Crippen LogP contribution in [0.2, 0.25) is 5.15 Å². The van der Waals surface area contributed by atoms with Crippen LogP contribution in [0.15, 0.2) is 6.07 Å². The number of aromatic nitrogens is 4. The maximum absolute atomic E-state index is 5.96. The van der Waals surface area contributed by atoms with E-state index in [0.717, 1.165) is 5.69 Å². The van der Waals surface area contributed by atoms with Crippen molar-refractivity contribution in [2.75, 3.05) is 7.11 Å². The van der Waals surface area contributed by atoms with Crippen molar-refractivity contribution in [1.29, 1.82) is 0 Å². The summed E-state index contributed by atoms with van der Waals surface area (Å²) in [5.41, 5.74) is 0.818. The summed E-state index contributed by atoms with van der Waals surface area (Å²) in [7, 11) is 1.59. The van der Waals surface area contributed by atoms with E-state index in [1.165, 1.54) is 4.52 Å². The molecule has 2 rings (SSSR count). The summed E-state index contributed by atoms with van der Waals surface area (Å²) >= 11 is 5.96. The van der Waals surface area contributed by atoms with Gasteiger partial charge in [-0.05, 0) is 13.0 Å². The number of ether oxygens (including phenoxy) is 1. The molecule has 0 N–H and O–H groups in total. The van der Waals surface area contributed by atoms with Gasteiger partial charge in [-0.1, -0.05) is 11.6 Å². The van der Waals surface area contributed by atoms with E-state index in [1.807, 2.05) is 6.92 Å². The van der Waals surface area contributed by atoms with Gasteiger partial charge in [-0.25, -0.2) is 4.98 Å². The molecule has 0 aliphatic rings. The van der Waals surface area contributed by atoms with E-state index in [2.05, 4.69) is 15.1 Å². The minimum absolute atomic E-state index is 0.360. The van der Waals surface area contributed by atoms with Crippen molar-refractivity contribution in [2.24, 2.45) is 0 Å². The molecule has 0 fully saturated rings. The third-order valence-electron chi connectivity index (χ3n) is 1.71. The fourth-order valence-corrected chi connectivity index (χ4v) is 1.45. The second kappa shape index (κ2) is 3.51. The van der Waals surface area contributed by atoms with Crippen molar-refractivity contribution >= 4 is 17.4 Å². The Morgan fingerprint density at radius 3 is 3.00 bits per heavy atom. The van der Waals surface area contributed by atoms with E-state index in [4.69, 9.17) is 16.3 Å². The minimum Gasteiger partial charge on any atom is -0.377 e. The smallest absolute Gasteiger partial charge is 0.254 e. The van der Waals surface area contributed by atoms with Crippen LogP contribution in [-0.4, -0.2) is 26.7 Å². The topological polar surface area (TPSA) is 52.3 Å². The number of aryl methyl sites for hydroxylation is 1. The molecule has 74 valence electrons. The van der Waals surface area contributed by atoms with Gasteiger partial charge in [-0.3, -0.25) is 0 Å². The number of rotatable bonds is 2. The number of halogens is 1. The van der Waals surface area contributed by atoms with E-state index in [-0.39, 0.29) is 0 Å². The van der Waals surface area contributed by atoms with Crippen molar-refractivity contribution in [2.45, 2.75) is 13.5 Å². The summed E-state index contributed by atoms with van der Waals surface area (Å²) in [6, 6.07) is 1.74. The van der Waals surface area contributed by atoms with Crippen molar-refractivity contribution in [3.63, 3.8) is 0 Å². The summed E-state index contributed by atoms with van der Waals surface area (Å²) in [5.74, 6) is 1.08. The zero-order valence-corrected chi connectivity index (χ0v) is 8.62. The van der Waals surface area contributed by atoms with E-state index in [9.17, 15) is 0 Å².